The molecule has 1 aromatic carbocycles. The molecule has 0 aliphatic carbocycles. The molecule has 0 spiro atoms. The highest BCUT2D eigenvalue weighted by atomic mass is 35.5. The maximum absolute atomic E-state index is 11.8. The van der Waals surface area contributed by atoms with Crippen LogP contribution in [0.4, 0.5) is 0 Å². The highest BCUT2D eigenvalue weighted by Crippen LogP contribution is 2.18. The number of nitrogens with zero attached hydrogens (tertiary/aromatic N) is 4. The molecule has 22 heavy (non-hydrogen) atoms. The predicted octanol–water partition coefficient (Wildman–Crippen LogP) is 2.66. The summed E-state index contributed by atoms with van der Waals surface area (Å²) in [5.74, 6) is -0.364. The van der Waals surface area contributed by atoms with E-state index in [1.54, 1.807) is 17.1 Å². The summed E-state index contributed by atoms with van der Waals surface area (Å²) >= 11 is 6.90. The molecule has 3 rings (SSSR count). The summed E-state index contributed by atoms with van der Waals surface area (Å²) in [5.41, 5.74) is 2.18. The molecule has 0 amide bonds. The van der Waals surface area contributed by atoms with Gasteiger partial charge in [-0.3, -0.25) is 4.79 Å². The first-order valence-electron chi connectivity index (χ1n) is 6.43. The molecule has 8 heteroatoms. The van der Waals surface area contributed by atoms with Crippen molar-refractivity contribution < 1.29 is 9.53 Å². The van der Waals surface area contributed by atoms with E-state index in [0.29, 0.717) is 10.0 Å². The molecule has 6 nitrogen and oxygen atoms in total. The number of para-hydroxylation sites is 1. The van der Waals surface area contributed by atoms with E-state index < -0.39 is 0 Å². The Morgan fingerprint density at radius 2 is 2.14 bits per heavy atom. The van der Waals surface area contributed by atoms with Gasteiger partial charge in [-0.15, -0.1) is 5.10 Å². The molecule has 0 atom stereocenters. The zero-order chi connectivity index (χ0) is 15.4. The maximum atomic E-state index is 11.8. The second-order valence-electron chi connectivity index (χ2n) is 4.46. The SMILES string of the molecule is O=C(Cc1cnn(-c2ccccc2)c1)OCc1nnsc1Cl. The van der Waals surface area contributed by atoms with Crippen molar-refractivity contribution in [2.45, 2.75) is 13.0 Å². The van der Waals surface area contributed by atoms with Crippen molar-refractivity contribution in [2.75, 3.05) is 0 Å². The first-order chi connectivity index (χ1) is 10.7. The molecule has 112 valence electrons. The van der Waals surface area contributed by atoms with Gasteiger partial charge in [0.1, 0.15) is 16.6 Å². The Morgan fingerprint density at radius 3 is 2.86 bits per heavy atom. The lowest BCUT2D eigenvalue weighted by molar-refractivity contribution is -0.144. The normalized spacial score (nSPS) is 10.6. The molecule has 0 bridgehead atoms. The van der Waals surface area contributed by atoms with Crippen LogP contribution in [0.1, 0.15) is 11.3 Å². The minimum absolute atomic E-state index is 0.0288. The van der Waals surface area contributed by atoms with Crippen molar-refractivity contribution >= 4 is 29.1 Å². The topological polar surface area (TPSA) is 69.9 Å². The summed E-state index contributed by atoms with van der Waals surface area (Å²) in [5, 5.41) is 8.01. The zero-order valence-corrected chi connectivity index (χ0v) is 12.9. The van der Waals surface area contributed by atoms with Crippen molar-refractivity contribution in [3.05, 3.63) is 58.3 Å². The van der Waals surface area contributed by atoms with Gasteiger partial charge in [-0.2, -0.15) is 5.10 Å². The number of halogens is 1. The van der Waals surface area contributed by atoms with Gasteiger partial charge < -0.3 is 4.74 Å². The molecule has 0 saturated carbocycles. The smallest absolute Gasteiger partial charge is 0.310 e. The van der Waals surface area contributed by atoms with Gasteiger partial charge in [0.25, 0.3) is 0 Å². The van der Waals surface area contributed by atoms with Crippen molar-refractivity contribution in [2.24, 2.45) is 0 Å². The van der Waals surface area contributed by atoms with E-state index in [2.05, 4.69) is 14.7 Å². The van der Waals surface area contributed by atoms with Crippen LogP contribution in [0.2, 0.25) is 4.34 Å². The van der Waals surface area contributed by atoms with Crippen LogP contribution >= 0.6 is 23.1 Å². The molecule has 0 radical (unpaired) electrons. The van der Waals surface area contributed by atoms with Gasteiger partial charge in [-0.1, -0.05) is 34.3 Å². The largest absolute Gasteiger partial charge is 0.459 e. The summed E-state index contributed by atoms with van der Waals surface area (Å²) in [6.07, 6.45) is 3.58. The van der Waals surface area contributed by atoms with E-state index in [0.717, 1.165) is 22.8 Å². The molecule has 2 aromatic heterocycles. The van der Waals surface area contributed by atoms with Gasteiger partial charge in [0, 0.05) is 23.3 Å². The standard InChI is InChI=1S/C14H11ClN4O2S/c15-14-12(17-18-22-14)9-21-13(20)6-10-7-16-19(8-10)11-4-2-1-3-5-11/h1-5,7-8H,6,9H2. The van der Waals surface area contributed by atoms with Crippen molar-refractivity contribution in [1.82, 2.24) is 19.4 Å². The Balaban J connectivity index is 1.58. The lowest BCUT2D eigenvalue weighted by atomic mass is 10.2. The number of esters is 1. The van der Waals surface area contributed by atoms with E-state index in [9.17, 15) is 4.79 Å². The number of aromatic nitrogens is 4. The zero-order valence-electron chi connectivity index (χ0n) is 11.3. The fraction of sp³-hybridized carbons (Fsp3) is 0.143. The van der Waals surface area contributed by atoms with E-state index >= 15 is 0 Å². The number of hydrogen-bond donors (Lipinski definition) is 0. The van der Waals surface area contributed by atoms with E-state index in [4.69, 9.17) is 16.3 Å². The molecule has 0 fully saturated rings. The minimum Gasteiger partial charge on any atom is -0.459 e. The fourth-order valence-corrected chi connectivity index (χ4v) is 2.42. The summed E-state index contributed by atoms with van der Waals surface area (Å²) in [7, 11) is 0. The summed E-state index contributed by atoms with van der Waals surface area (Å²) < 4.78 is 11.0. The first-order valence-corrected chi connectivity index (χ1v) is 7.59. The predicted molar refractivity (Wildman–Crippen MR) is 82.0 cm³/mol. The fourth-order valence-electron chi connectivity index (χ4n) is 1.82. The highest BCUT2D eigenvalue weighted by molar-refractivity contribution is 7.10. The molecular weight excluding hydrogens is 324 g/mol. The Bertz CT molecular complexity index is 772. The summed E-state index contributed by atoms with van der Waals surface area (Å²) in [4.78, 5) is 11.8. The van der Waals surface area contributed by atoms with Crippen LogP contribution in [0.3, 0.4) is 0 Å². The van der Waals surface area contributed by atoms with Crippen LogP contribution in [0.5, 0.6) is 0 Å². The molecule has 0 aliphatic rings. The second-order valence-corrected chi connectivity index (χ2v) is 5.82. The van der Waals surface area contributed by atoms with Crippen molar-refractivity contribution in [3.8, 4) is 5.69 Å². The third-order valence-corrected chi connectivity index (χ3v) is 3.87. The third-order valence-electron chi connectivity index (χ3n) is 2.88. The second kappa shape index (κ2) is 6.67. The Morgan fingerprint density at radius 1 is 1.32 bits per heavy atom. The van der Waals surface area contributed by atoms with Gasteiger partial charge in [0.15, 0.2) is 0 Å². The average molecular weight is 335 g/mol. The van der Waals surface area contributed by atoms with Crippen LogP contribution in [-0.4, -0.2) is 25.3 Å². The lowest BCUT2D eigenvalue weighted by Crippen LogP contribution is -2.08. The highest BCUT2D eigenvalue weighted by Gasteiger charge is 2.11. The number of hydrogen-bond acceptors (Lipinski definition) is 6. The Labute approximate surface area is 135 Å². The van der Waals surface area contributed by atoms with E-state index in [1.807, 2.05) is 30.3 Å². The lowest BCUT2D eigenvalue weighted by Gasteiger charge is -2.01. The third kappa shape index (κ3) is 3.49. The van der Waals surface area contributed by atoms with Gasteiger partial charge in [-0.25, -0.2) is 4.68 Å². The number of carbonyl (C=O) groups is 1. The molecule has 0 saturated heterocycles. The van der Waals surface area contributed by atoms with Crippen molar-refractivity contribution in [1.29, 1.82) is 0 Å². The number of rotatable bonds is 5. The number of ether oxygens (including phenoxy) is 1. The van der Waals surface area contributed by atoms with Gasteiger partial charge in [0.2, 0.25) is 0 Å². The minimum atomic E-state index is -0.364. The molecule has 2 heterocycles. The van der Waals surface area contributed by atoms with Crippen LogP contribution < -0.4 is 0 Å². The maximum Gasteiger partial charge on any atom is 0.310 e. The number of benzene rings is 1. The Kier molecular flexibility index (Phi) is 4.45. The van der Waals surface area contributed by atoms with Gasteiger partial charge in [-0.05, 0) is 12.1 Å². The van der Waals surface area contributed by atoms with Crippen LogP contribution in [-0.2, 0) is 22.6 Å². The first kappa shape index (κ1) is 14.7. The van der Waals surface area contributed by atoms with Gasteiger partial charge in [0.05, 0.1) is 18.3 Å². The van der Waals surface area contributed by atoms with Crippen LogP contribution in [0.15, 0.2) is 42.7 Å². The van der Waals surface area contributed by atoms with E-state index in [-0.39, 0.29) is 19.0 Å². The molecule has 3 aromatic rings. The van der Waals surface area contributed by atoms with Crippen LogP contribution in [0, 0.1) is 0 Å². The molecule has 0 aliphatic heterocycles. The Hall–Kier alpha value is -2.25. The van der Waals surface area contributed by atoms with Crippen molar-refractivity contribution in [3.63, 3.8) is 0 Å². The molecular formula is C14H11ClN4O2S. The van der Waals surface area contributed by atoms with E-state index in [1.165, 1.54) is 0 Å². The molecule has 0 unspecified atom stereocenters. The summed E-state index contributed by atoms with van der Waals surface area (Å²) in [6, 6.07) is 9.66. The molecule has 0 N–H and O–H groups in total. The number of carbonyl (C=O) groups excluding carboxylic acids is 1. The quantitative estimate of drug-likeness (QED) is 0.671. The monoisotopic (exact) mass is 334 g/mol. The summed E-state index contributed by atoms with van der Waals surface area (Å²) in [6.45, 7) is 0.0288. The van der Waals surface area contributed by atoms with Crippen LogP contribution in [0.25, 0.3) is 5.69 Å². The average Bonchev–Trinajstić information content (AvgIpc) is 3.15. The van der Waals surface area contributed by atoms with Gasteiger partial charge >= 0.3 is 5.97 Å².